The van der Waals surface area contributed by atoms with Crippen LogP contribution in [0.1, 0.15) is 12.8 Å². The van der Waals surface area contributed by atoms with E-state index in [1.54, 1.807) is 17.5 Å². The Hall–Kier alpha value is -2.03. The molecule has 4 atom stereocenters. The number of ether oxygens (including phenoxy) is 2. The molecule has 2 aromatic rings. The van der Waals surface area contributed by atoms with Crippen molar-refractivity contribution in [2.45, 2.75) is 37.1 Å². The van der Waals surface area contributed by atoms with Gasteiger partial charge in [0.15, 0.2) is 0 Å². The van der Waals surface area contributed by atoms with E-state index in [9.17, 15) is 4.79 Å². The van der Waals surface area contributed by atoms with Crippen molar-refractivity contribution < 1.29 is 14.3 Å². The summed E-state index contributed by atoms with van der Waals surface area (Å²) in [4.78, 5) is 22.0. The quantitative estimate of drug-likeness (QED) is 0.831. The highest BCUT2D eigenvalue weighted by atomic mass is 32.1. The molecule has 0 aromatic carbocycles. The van der Waals surface area contributed by atoms with E-state index in [2.05, 4.69) is 20.6 Å². The summed E-state index contributed by atoms with van der Waals surface area (Å²) in [7, 11) is 0. The Balaban J connectivity index is 1.25. The van der Waals surface area contributed by atoms with Crippen LogP contribution in [0.15, 0.2) is 29.8 Å². The molecule has 1 saturated carbocycles. The van der Waals surface area contributed by atoms with Gasteiger partial charge in [-0.2, -0.15) is 0 Å². The molecular formula is C18H20N4O3S. The van der Waals surface area contributed by atoms with E-state index >= 15 is 0 Å². The molecule has 0 bridgehead atoms. The zero-order valence-electron chi connectivity index (χ0n) is 14.1. The van der Waals surface area contributed by atoms with Crippen molar-refractivity contribution in [3.05, 3.63) is 29.8 Å². The summed E-state index contributed by atoms with van der Waals surface area (Å²) in [6, 6.07) is 5.85. The SMILES string of the molecule is O=C(N[C@H]1CO[C@H]2[C@H]1OC[C@H]2Nc1nccc(-c2cccs2)n1)C1CC1. The maximum Gasteiger partial charge on any atom is 0.223 e. The van der Waals surface area contributed by atoms with Gasteiger partial charge >= 0.3 is 0 Å². The predicted molar refractivity (Wildman–Crippen MR) is 96.9 cm³/mol. The second kappa shape index (κ2) is 6.61. The summed E-state index contributed by atoms with van der Waals surface area (Å²) in [6.07, 6.45) is 3.53. The minimum Gasteiger partial charge on any atom is -0.371 e. The number of thiophene rings is 1. The maximum absolute atomic E-state index is 12.0. The molecule has 5 rings (SSSR count). The Morgan fingerprint density at radius 1 is 1.15 bits per heavy atom. The summed E-state index contributed by atoms with van der Waals surface area (Å²) in [5, 5.41) is 8.45. The summed E-state index contributed by atoms with van der Waals surface area (Å²) < 4.78 is 11.8. The van der Waals surface area contributed by atoms with Gasteiger partial charge in [-0.1, -0.05) is 6.07 Å². The minimum atomic E-state index is -0.115. The van der Waals surface area contributed by atoms with Crippen LogP contribution in [-0.2, 0) is 14.3 Å². The molecule has 26 heavy (non-hydrogen) atoms. The number of carbonyl (C=O) groups excluding carboxylic acids is 1. The molecule has 1 aliphatic carbocycles. The molecule has 2 N–H and O–H groups in total. The fourth-order valence-corrected chi connectivity index (χ4v) is 4.24. The standard InChI is InChI=1S/C18H20N4O3S/c23-17(10-3-4-10)20-12-8-24-16-13(9-25-15(12)16)22-18-19-6-5-11(21-18)14-2-1-7-26-14/h1-2,5-7,10,12-13,15-16H,3-4,8-9H2,(H,20,23)(H,19,21,22)/t12-,13+,15-,16+/m0/s1. The van der Waals surface area contributed by atoms with Crippen LogP contribution in [0.4, 0.5) is 5.95 Å². The van der Waals surface area contributed by atoms with E-state index < -0.39 is 0 Å². The smallest absolute Gasteiger partial charge is 0.223 e. The van der Waals surface area contributed by atoms with Gasteiger partial charge in [-0.3, -0.25) is 4.79 Å². The number of anilines is 1. The van der Waals surface area contributed by atoms with Crippen LogP contribution >= 0.6 is 11.3 Å². The molecule has 0 unspecified atom stereocenters. The van der Waals surface area contributed by atoms with Crippen LogP contribution in [0.5, 0.6) is 0 Å². The zero-order chi connectivity index (χ0) is 17.5. The summed E-state index contributed by atoms with van der Waals surface area (Å²) in [5.41, 5.74) is 0.898. The molecule has 1 amide bonds. The molecule has 2 saturated heterocycles. The average Bonchev–Trinajstić information content (AvgIpc) is 3.06. The molecule has 7 nitrogen and oxygen atoms in total. The first-order valence-corrected chi connectivity index (χ1v) is 9.83. The lowest BCUT2D eigenvalue weighted by Gasteiger charge is -2.18. The van der Waals surface area contributed by atoms with Crippen LogP contribution in [0, 0.1) is 5.92 Å². The maximum atomic E-state index is 12.0. The van der Waals surface area contributed by atoms with Gasteiger partial charge in [0.2, 0.25) is 11.9 Å². The average molecular weight is 372 g/mol. The van der Waals surface area contributed by atoms with Crippen molar-refractivity contribution in [3.8, 4) is 10.6 Å². The largest absolute Gasteiger partial charge is 0.371 e. The Labute approximate surface area is 155 Å². The highest BCUT2D eigenvalue weighted by Gasteiger charge is 2.49. The lowest BCUT2D eigenvalue weighted by atomic mass is 10.1. The Morgan fingerprint density at radius 3 is 2.73 bits per heavy atom. The molecule has 3 fully saturated rings. The molecule has 8 heteroatoms. The lowest BCUT2D eigenvalue weighted by molar-refractivity contribution is -0.123. The highest BCUT2D eigenvalue weighted by Crippen LogP contribution is 2.32. The first-order chi connectivity index (χ1) is 12.8. The van der Waals surface area contributed by atoms with Crippen LogP contribution in [0.25, 0.3) is 10.6 Å². The van der Waals surface area contributed by atoms with Crippen molar-refractivity contribution in [3.63, 3.8) is 0 Å². The van der Waals surface area contributed by atoms with E-state index in [1.807, 2.05) is 23.6 Å². The molecule has 3 aliphatic rings. The molecule has 0 radical (unpaired) electrons. The first-order valence-electron chi connectivity index (χ1n) is 8.95. The molecule has 136 valence electrons. The fraction of sp³-hybridized carbons (Fsp3) is 0.500. The molecule has 2 aromatic heterocycles. The third kappa shape index (κ3) is 3.08. The van der Waals surface area contributed by atoms with E-state index in [0.717, 1.165) is 23.4 Å². The Morgan fingerprint density at radius 2 is 1.96 bits per heavy atom. The summed E-state index contributed by atoms with van der Waals surface area (Å²) in [6.45, 7) is 1.000. The van der Waals surface area contributed by atoms with Crippen LogP contribution < -0.4 is 10.6 Å². The number of aromatic nitrogens is 2. The molecular weight excluding hydrogens is 352 g/mol. The number of fused-ring (bicyclic) bond motifs is 1. The Bertz CT molecular complexity index is 795. The third-order valence-corrected chi connectivity index (χ3v) is 5.97. The van der Waals surface area contributed by atoms with Gasteiger partial charge in [-0.25, -0.2) is 9.97 Å². The summed E-state index contributed by atoms with van der Waals surface area (Å²) >= 11 is 1.65. The van der Waals surface area contributed by atoms with Gasteiger partial charge in [-0.15, -0.1) is 11.3 Å². The Kier molecular flexibility index (Phi) is 4.11. The van der Waals surface area contributed by atoms with Gasteiger partial charge in [0, 0.05) is 12.1 Å². The third-order valence-electron chi connectivity index (χ3n) is 5.07. The van der Waals surface area contributed by atoms with Gasteiger partial charge < -0.3 is 20.1 Å². The van der Waals surface area contributed by atoms with Crippen molar-refractivity contribution in [1.29, 1.82) is 0 Å². The van der Waals surface area contributed by atoms with E-state index in [-0.39, 0.29) is 36.1 Å². The summed E-state index contributed by atoms with van der Waals surface area (Å²) in [5.74, 6) is 0.892. The number of hydrogen-bond donors (Lipinski definition) is 2. The van der Waals surface area contributed by atoms with Crippen molar-refractivity contribution in [1.82, 2.24) is 15.3 Å². The van der Waals surface area contributed by atoms with E-state index in [0.29, 0.717) is 19.2 Å². The van der Waals surface area contributed by atoms with Crippen LogP contribution in [0.2, 0.25) is 0 Å². The van der Waals surface area contributed by atoms with Crippen molar-refractivity contribution in [2.24, 2.45) is 5.92 Å². The van der Waals surface area contributed by atoms with Crippen LogP contribution in [0.3, 0.4) is 0 Å². The molecule has 0 spiro atoms. The zero-order valence-corrected chi connectivity index (χ0v) is 14.9. The lowest BCUT2D eigenvalue weighted by Crippen LogP contribution is -2.45. The van der Waals surface area contributed by atoms with E-state index in [4.69, 9.17) is 9.47 Å². The number of nitrogens with zero attached hydrogens (tertiary/aromatic N) is 2. The highest BCUT2D eigenvalue weighted by molar-refractivity contribution is 7.13. The number of nitrogens with one attached hydrogen (secondary N) is 2. The number of rotatable bonds is 5. The van der Waals surface area contributed by atoms with Gasteiger partial charge in [-0.05, 0) is 30.4 Å². The second-order valence-electron chi connectivity index (χ2n) is 6.98. The van der Waals surface area contributed by atoms with Gasteiger partial charge in [0.05, 0.1) is 35.9 Å². The predicted octanol–water partition coefficient (Wildman–Crippen LogP) is 1.68. The van der Waals surface area contributed by atoms with Crippen molar-refractivity contribution >= 4 is 23.2 Å². The van der Waals surface area contributed by atoms with Crippen molar-refractivity contribution in [2.75, 3.05) is 18.5 Å². The normalized spacial score (nSPS) is 30.2. The fourth-order valence-electron chi connectivity index (χ4n) is 3.55. The number of amides is 1. The number of hydrogen-bond acceptors (Lipinski definition) is 7. The second-order valence-corrected chi connectivity index (χ2v) is 7.93. The number of carbonyl (C=O) groups is 1. The van der Waals surface area contributed by atoms with Crippen LogP contribution in [-0.4, -0.2) is 53.4 Å². The van der Waals surface area contributed by atoms with E-state index in [1.165, 1.54) is 0 Å². The molecule has 4 heterocycles. The monoisotopic (exact) mass is 372 g/mol. The van der Waals surface area contributed by atoms with Gasteiger partial charge in [0.1, 0.15) is 12.2 Å². The minimum absolute atomic E-state index is 0.0265. The van der Waals surface area contributed by atoms with Gasteiger partial charge in [0.25, 0.3) is 0 Å². The topological polar surface area (TPSA) is 85.4 Å². The first kappa shape index (κ1) is 16.2. The molecule has 2 aliphatic heterocycles.